The Morgan fingerprint density at radius 3 is 2.33 bits per heavy atom. The second-order valence-electron chi connectivity index (χ2n) is 7.53. The van der Waals surface area contributed by atoms with Crippen LogP contribution in [0, 0.1) is 5.92 Å². The molecule has 3 heterocycles. The molecule has 0 saturated carbocycles. The molecule has 2 bridgehead atoms. The molecule has 4 rings (SSSR count). The van der Waals surface area contributed by atoms with Crippen LogP contribution in [-0.2, 0) is 5.60 Å². The summed E-state index contributed by atoms with van der Waals surface area (Å²) in [4.78, 5) is 7.06. The molecular weight excluding hydrogens is 296 g/mol. The highest BCUT2D eigenvalue weighted by atomic mass is 16.3. The molecule has 2 fully saturated rings. The molecule has 2 unspecified atom stereocenters. The third-order valence-electron chi connectivity index (χ3n) is 6.12. The molecule has 2 aliphatic heterocycles. The first kappa shape index (κ1) is 15.8. The Bertz CT molecular complexity index is 619. The normalized spacial score (nSPS) is 29.3. The van der Waals surface area contributed by atoms with Crippen molar-refractivity contribution in [3.05, 3.63) is 66.0 Å². The van der Waals surface area contributed by atoms with Crippen LogP contribution in [0.1, 0.15) is 43.4 Å². The van der Waals surface area contributed by atoms with E-state index in [0.717, 1.165) is 17.7 Å². The SMILES string of the molecule is CN1[C@@H]2CC[C@H]1CC(CC(O)(c1ccccc1)c1ccccn1)C2. The monoisotopic (exact) mass is 322 g/mol. The third-order valence-corrected chi connectivity index (χ3v) is 6.12. The number of nitrogens with zero attached hydrogens (tertiary/aromatic N) is 2. The molecule has 0 aliphatic carbocycles. The third kappa shape index (κ3) is 2.76. The Morgan fingerprint density at radius 2 is 1.71 bits per heavy atom. The molecule has 24 heavy (non-hydrogen) atoms. The second kappa shape index (κ2) is 6.30. The van der Waals surface area contributed by atoms with Gasteiger partial charge >= 0.3 is 0 Å². The highest BCUT2D eigenvalue weighted by molar-refractivity contribution is 5.32. The predicted molar refractivity (Wildman–Crippen MR) is 95.6 cm³/mol. The summed E-state index contributed by atoms with van der Waals surface area (Å²) < 4.78 is 0. The minimum absolute atomic E-state index is 0.547. The number of hydrogen-bond donors (Lipinski definition) is 1. The zero-order valence-corrected chi connectivity index (χ0v) is 14.3. The summed E-state index contributed by atoms with van der Waals surface area (Å²) in [7, 11) is 2.26. The van der Waals surface area contributed by atoms with Crippen LogP contribution in [0.4, 0.5) is 0 Å². The fraction of sp³-hybridized carbons (Fsp3) is 0.476. The van der Waals surface area contributed by atoms with Gasteiger partial charge in [0.25, 0.3) is 0 Å². The van der Waals surface area contributed by atoms with Crippen molar-refractivity contribution in [3.8, 4) is 0 Å². The van der Waals surface area contributed by atoms with Gasteiger partial charge in [-0.2, -0.15) is 0 Å². The second-order valence-corrected chi connectivity index (χ2v) is 7.53. The van der Waals surface area contributed by atoms with E-state index >= 15 is 0 Å². The molecule has 1 aromatic heterocycles. The first-order valence-electron chi connectivity index (χ1n) is 9.08. The van der Waals surface area contributed by atoms with Gasteiger partial charge in [-0.25, -0.2) is 0 Å². The maximum absolute atomic E-state index is 11.7. The number of aromatic nitrogens is 1. The predicted octanol–water partition coefficient (Wildman–Crippen LogP) is 3.58. The fourth-order valence-electron chi connectivity index (χ4n) is 4.80. The molecule has 2 aliphatic rings. The Kier molecular flexibility index (Phi) is 4.15. The van der Waals surface area contributed by atoms with Gasteiger partial charge in [-0.1, -0.05) is 36.4 Å². The van der Waals surface area contributed by atoms with Gasteiger partial charge in [0.15, 0.2) is 0 Å². The van der Waals surface area contributed by atoms with E-state index in [0.29, 0.717) is 18.0 Å². The lowest BCUT2D eigenvalue weighted by molar-refractivity contribution is 0.0236. The average molecular weight is 322 g/mol. The minimum Gasteiger partial charge on any atom is -0.379 e. The molecule has 0 amide bonds. The molecule has 2 aromatic rings. The highest BCUT2D eigenvalue weighted by Gasteiger charge is 2.43. The van der Waals surface area contributed by atoms with E-state index in [9.17, 15) is 5.11 Å². The van der Waals surface area contributed by atoms with Gasteiger partial charge in [0, 0.05) is 18.3 Å². The van der Waals surface area contributed by atoms with Gasteiger partial charge in [0.05, 0.1) is 5.69 Å². The van der Waals surface area contributed by atoms with E-state index < -0.39 is 5.60 Å². The molecule has 3 nitrogen and oxygen atoms in total. The van der Waals surface area contributed by atoms with Gasteiger partial charge in [-0.3, -0.25) is 4.98 Å². The molecule has 1 N–H and O–H groups in total. The van der Waals surface area contributed by atoms with Crippen LogP contribution in [-0.4, -0.2) is 34.1 Å². The highest BCUT2D eigenvalue weighted by Crippen LogP contribution is 2.44. The first-order valence-corrected chi connectivity index (χ1v) is 9.08. The largest absolute Gasteiger partial charge is 0.379 e. The van der Waals surface area contributed by atoms with Crippen molar-refractivity contribution in [1.29, 1.82) is 0 Å². The molecule has 0 radical (unpaired) electrons. The molecule has 0 spiro atoms. The van der Waals surface area contributed by atoms with Crippen molar-refractivity contribution in [3.63, 3.8) is 0 Å². The summed E-state index contributed by atoms with van der Waals surface area (Å²) in [5, 5.41) is 11.7. The average Bonchev–Trinajstić information content (AvgIpc) is 2.84. The Balaban J connectivity index is 1.65. The Labute approximate surface area is 144 Å². The number of piperidine rings is 1. The van der Waals surface area contributed by atoms with Gasteiger partial charge in [0.2, 0.25) is 0 Å². The van der Waals surface area contributed by atoms with Gasteiger partial charge < -0.3 is 10.0 Å². The number of benzene rings is 1. The van der Waals surface area contributed by atoms with Gasteiger partial charge in [0.1, 0.15) is 5.60 Å². The Hall–Kier alpha value is -1.71. The lowest BCUT2D eigenvalue weighted by atomic mass is 9.77. The van der Waals surface area contributed by atoms with Crippen molar-refractivity contribution in [2.75, 3.05) is 7.05 Å². The summed E-state index contributed by atoms with van der Waals surface area (Å²) >= 11 is 0. The van der Waals surface area contributed by atoms with Gasteiger partial charge in [-0.05, 0) is 62.8 Å². The van der Waals surface area contributed by atoms with Crippen molar-refractivity contribution >= 4 is 0 Å². The van der Waals surface area contributed by atoms with Crippen LogP contribution < -0.4 is 0 Å². The summed E-state index contributed by atoms with van der Waals surface area (Å²) in [5.41, 5.74) is 0.722. The van der Waals surface area contributed by atoms with Crippen LogP contribution in [0.2, 0.25) is 0 Å². The standard InChI is InChI=1S/C21H26N2O/c1-23-18-10-11-19(23)14-16(13-18)15-21(24,17-7-3-2-4-8-17)20-9-5-6-12-22-20/h2-9,12,16,18-19,24H,10-11,13-15H2,1H3/t16?,18-,19+,21?. The van der Waals surface area contributed by atoms with Crippen LogP contribution in [0.5, 0.6) is 0 Å². The minimum atomic E-state index is -0.997. The molecule has 4 atom stereocenters. The van der Waals surface area contributed by atoms with Crippen LogP contribution in [0.3, 0.4) is 0 Å². The number of pyridine rings is 1. The fourth-order valence-corrected chi connectivity index (χ4v) is 4.80. The number of hydrogen-bond acceptors (Lipinski definition) is 3. The zero-order valence-electron chi connectivity index (χ0n) is 14.3. The molecule has 2 saturated heterocycles. The Morgan fingerprint density at radius 1 is 1.04 bits per heavy atom. The topological polar surface area (TPSA) is 36.4 Å². The molecule has 3 heteroatoms. The number of fused-ring (bicyclic) bond motifs is 2. The quantitative estimate of drug-likeness (QED) is 0.935. The summed E-state index contributed by atoms with van der Waals surface area (Å²) in [6.45, 7) is 0. The van der Waals surface area contributed by atoms with Crippen LogP contribution >= 0.6 is 0 Å². The molecule has 1 aromatic carbocycles. The van der Waals surface area contributed by atoms with E-state index in [2.05, 4.69) is 16.9 Å². The summed E-state index contributed by atoms with van der Waals surface area (Å²) in [6, 6.07) is 17.3. The molecule has 126 valence electrons. The summed E-state index contributed by atoms with van der Waals surface area (Å²) in [5.74, 6) is 0.547. The van der Waals surface area contributed by atoms with Crippen molar-refractivity contribution in [2.45, 2.75) is 49.8 Å². The first-order chi connectivity index (χ1) is 11.7. The van der Waals surface area contributed by atoms with Crippen molar-refractivity contribution in [1.82, 2.24) is 9.88 Å². The molecular formula is C21H26N2O. The lowest BCUT2D eigenvalue weighted by Crippen LogP contribution is -2.42. The van der Waals surface area contributed by atoms with Gasteiger partial charge in [-0.15, -0.1) is 0 Å². The van der Waals surface area contributed by atoms with Crippen molar-refractivity contribution in [2.24, 2.45) is 5.92 Å². The van der Waals surface area contributed by atoms with E-state index in [-0.39, 0.29) is 0 Å². The van der Waals surface area contributed by atoms with Crippen molar-refractivity contribution < 1.29 is 5.11 Å². The smallest absolute Gasteiger partial charge is 0.132 e. The van der Waals surface area contributed by atoms with Crippen LogP contribution in [0.15, 0.2) is 54.7 Å². The van der Waals surface area contributed by atoms with E-state index in [1.165, 1.54) is 25.7 Å². The van der Waals surface area contributed by atoms with E-state index in [1.807, 2.05) is 48.5 Å². The van der Waals surface area contributed by atoms with E-state index in [4.69, 9.17) is 0 Å². The maximum Gasteiger partial charge on any atom is 0.132 e. The summed E-state index contributed by atoms with van der Waals surface area (Å²) in [6.07, 6.45) is 7.54. The maximum atomic E-state index is 11.7. The van der Waals surface area contributed by atoms with Crippen LogP contribution in [0.25, 0.3) is 0 Å². The zero-order chi connectivity index (χ0) is 16.6. The lowest BCUT2D eigenvalue weighted by Gasteiger charge is -2.40. The number of aliphatic hydroxyl groups is 1. The number of rotatable bonds is 4. The van der Waals surface area contributed by atoms with E-state index in [1.54, 1.807) is 6.20 Å².